The highest BCUT2D eigenvalue weighted by Crippen LogP contribution is 2.05. The third kappa shape index (κ3) is 3.78. The Bertz CT molecular complexity index is 337. The summed E-state index contributed by atoms with van der Waals surface area (Å²) in [7, 11) is 2.07. The minimum Gasteiger partial charge on any atom is -0.387 e. The molecule has 1 fully saturated rings. The van der Waals surface area contributed by atoms with E-state index in [0.29, 0.717) is 6.54 Å². The van der Waals surface area contributed by atoms with Gasteiger partial charge in [0, 0.05) is 31.9 Å². The van der Waals surface area contributed by atoms with E-state index in [2.05, 4.69) is 27.9 Å². The largest absolute Gasteiger partial charge is 0.387 e. The molecule has 0 spiro atoms. The highest BCUT2D eigenvalue weighted by atomic mass is 16.2. The molecule has 2 aliphatic rings. The first-order chi connectivity index (χ1) is 8.24. The summed E-state index contributed by atoms with van der Waals surface area (Å²) in [6.45, 7) is 3.43. The number of hydrogen-bond donors (Lipinski definition) is 3. The maximum Gasteiger partial charge on any atom is 0.315 e. The number of amides is 2. The van der Waals surface area contributed by atoms with Gasteiger partial charge in [-0.3, -0.25) is 0 Å². The lowest BCUT2D eigenvalue weighted by Crippen LogP contribution is -2.43. The van der Waals surface area contributed by atoms with Gasteiger partial charge in [0.25, 0.3) is 0 Å². The summed E-state index contributed by atoms with van der Waals surface area (Å²) in [6.07, 6.45) is 7.04. The third-order valence-electron chi connectivity index (χ3n) is 3.03. The monoisotopic (exact) mass is 236 g/mol. The molecule has 17 heavy (non-hydrogen) atoms. The average molecular weight is 236 g/mol. The van der Waals surface area contributed by atoms with Gasteiger partial charge < -0.3 is 20.9 Å². The number of likely N-dealkylation sites (N-methyl/N-ethyl adjacent to an activating group) is 1. The molecule has 1 saturated heterocycles. The molecule has 0 aromatic carbocycles. The Labute approximate surface area is 102 Å². The molecule has 0 aliphatic carbocycles. The maximum atomic E-state index is 11.6. The number of nitrogens with one attached hydrogen (secondary N) is 3. The van der Waals surface area contributed by atoms with Crippen LogP contribution in [0, 0.1) is 0 Å². The molecule has 0 aromatic heterocycles. The van der Waals surface area contributed by atoms with Crippen molar-refractivity contribution in [2.24, 2.45) is 0 Å². The van der Waals surface area contributed by atoms with Gasteiger partial charge in [-0.05, 0) is 25.6 Å². The minimum atomic E-state index is -0.0785. The first kappa shape index (κ1) is 12.0. The molecule has 2 rings (SSSR count). The second kappa shape index (κ2) is 5.72. The standard InChI is InChI=1S/C12H20N4O/c1-16-6-4-11(9-16)15-12(17)14-8-10-3-2-5-13-7-10/h2-3,7,11,13H,4-6,8-9H2,1H3,(H2,14,15,17). The van der Waals surface area contributed by atoms with Crippen molar-refractivity contribution in [2.45, 2.75) is 12.5 Å². The Kier molecular flexibility index (Phi) is 4.03. The molecule has 0 saturated carbocycles. The van der Waals surface area contributed by atoms with E-state index >= 15 is 0 Å². The van der Waals surface area contributed by atoms with Crippen LogP contribution in [0.25, 0.3) is 0 Å². The highest BCUT2D eigenvalue weighted by Gasteiger charge is 2.20. The van der Waals surface area contributed by atoms with Crippen molar-refractivity contribution in [1.82, 2.24) is 20.9 Å². The molecule has 2 amide bonds. The highest BCUT2D eigenvalue weighted by molar-refractivity contribution is 5.74. The molecule has 2 aliphatic heterocycles. The van der Waals surface area contributed by atoms with Crippen molar-refractivity contribution >= 4 is 6.03 Å². The van der Waals surface area contributed by atoms with E-state index in [1.807, 2.05) is 18.4 Å². The topological polar surface area (TPSA) is 56.4 Å². The minimum absolute atomic E-state index is 0.0785. The summed E-state index contributed by atoms with van der Waals surface area (Å²) in [4.78, 5) is 13.9. The van der Waals surface area contributed by atoms with Crippen molar-refractivity contribution in [2.75, 3.05) is 33.2 Å². The van der Waals surface area contributed by atoms with E-state index < -0.39 is 0 Å². The lowest BCUT2D eigenvalue weighted by Gasteiger charge is -2.14. The molecular formula is C12H20N4O. The number of urea groups is 1. The van der Waals surface area contributed by atoms with Crippen molar-refractivity contribution in [3.05, 3.63) is 23.9 Å². The zero-order valence-electron chi connectivity index (χ0n) is 10.2. The van der Waals surface area contributed by atoms with Gasteiger partial charge in [0.15, 0.2) is 0 Å². The molecule has 5 heteroatoms. The van der Waals surface area contributed by atoms with Crippen LogP contribution in [-0.4, -0.2) is 50.2 Å². The SMILES string of the molecule is CN1CCC(NC(=O)NCC2=CNCC=C2)C1. The average Bonchev–Trinajstić information content (AvgIpc) is 2.73. The summed E-state index contributed by atoms with van der Waals surface area (Å²) >= 11 is 0. The predicted octanol–water partition coefficient (Wildman–Crippen LogP) is 0.0330. The number of likely N-dealkylation sites (tertiary alicyclic amines) is 1. The van der Waals surface area contributed by atoms with E-state index in [1.54, 1.807) is 0 Å². The fraction of sp³-hybridized carbons (Fsp3) is 0.583. The van der Waals surface area contributed by atoms with Crippen molar-refractivity contribution in [1.29, 1.82) is 0 Å². The lowest BCUT2D eigenvalue weighted by atomic mass is 10.2. The van der Waals surface area contributed by atoms with Crippen molar-refractivity contribution in [3.8, 4) is 0 Å². The second-order valence-corrected chi connectivity index (χ2v) is 4.60. The first-order valence-electron chi connectivity index (χ1n) is 6.06. The number of nitrogens with zero attached hydrogens (tertiary/aromatic N) is 1. The van der Waals surface area contributed by atoms with Gasteiger partial charge in [0.05, 0.1) is 0 Å². The summed E-state index contributed by atoms with van der Waals surface area (Å²) < 4.78 is 0. The van der Waals surface area contributed by atoms with Crippen LogP contribution in [0.3, 0.4) is 0 Å². The molecule has 5 nitrogen and oxygen atoms in total. The zero-order valence-corrected chi connectivity index (χ0v) is 10.2. The van der Waals surface area contributed by atoms with Gasteiger partial charge in [-0.15, -0.1) is 0 Å². The summed E-state index contributed by atoms with van der Waals surface area (Å²) in [5, 5.41) is 8.96. The van der Waals surface area contributed by atoms with Crippen LogP contribution in [0.1, 0.15) is 6.42 Å². The molecule has 1 atom stereocenters. The second-order valence-electron chi connectivity index (χ2n) is 4.60. The van der Waals surface area contributed by atoms with Gasteiger partial charge in [0.2, 0.25) is 0 Å². The third-order valence-corrected chi connectivity index (χ3v) is 3.03. The molecule has 94 valence electrons. The first-order valence-corrected chi connectivity index (χ1v) is 6.06. The lowest BCUT2D eigenvalue weighted by molar-refractivity contribution is 0.238. The summed E-state index contributed by atoms with van der Waals surface area (Å²) in [6, 6.07) is 0.208. The molecule has 2 heterocycles. The Morgan fingerprint density at radius 2 is 2.53 bits per heavy atom. The summed E-state index contributed by atoms with van der Waals surface area (Å²) in [5.41, 5.74) is 1.09. The molecule has 0 radical (unpaired) electrons. The van der Waals surface area contributed by atoms with Crippen LogP contribution in [0.5, 0.6) is 0 Å². The number of carbonyl (C=O) groups is 1. The van der Waals surface area contributed by atoms with E-state index in [-0.39, 0.29) is 12.1 Å². The van der Waals surface area contributed by atoms with Crippen molar-refractivity contribution < 1.29 is 4.79 Å². The van der Waals surface area contributed by atoms with Crippen LogP contribution >= 0.6 is 0 Å². The van der Waals surface area contributed by atoms with Gasteiger partial charge in [-0.2, -0.15) is 0 Å². The zero-order chi connectivity index (χ0) is 12.1. The molecule has 0 bridgehead atoms. The number of dihydropyridines is 1. The van der Waals surface area contributed by atoms with Gasteiger partial charge in [-0.1, -0.05) is 12.2 Å². The fourth-order valence-electron chi connectivity index (χ4n) is 2.10. The van der Waals surface area contributed by atoms with Crippen LogP contribution in [0.4, 0.5) is 4.79 Å². The van der Waals surface area contributed by atoms with Crippen LogP contribution < -0.4 is 16.0 Å². The van der Waals surface area contributed by atoms with Gasteiger partial charge >= 0.3 is 6.03 Å². The Hall–Kier alpha value is -1.49. The number of hydrogen-bond acceptors (Lipinski definition) is 3. The van der Waals surface area contributed by atoms with E-state index in [4.69, 9.17) is 0 Å². The fourth-order valence-corrected chi connectivity index (χ4v) is 2.10. The van der Waals surface area contributed by atoms with Gasteiger partial charge in [0.1, 0.15) is 0 Å². The normalized spacial score (nSPS) is 24.1. The number of carbonyl (C=O) groups excluding carboxylic acids is 1. The summed E-state index contributed by atoms with van der Waals surface area (Å²) in [5.74, 6) is 0. The van der Waals surface area contributed by atoms with Crippen LogP contribution in [0.15, 0.2) is 23.9 Å². The Morgan fingerprint density at radius 1 is 1.65 bits per heavy atom. The van der Waals surface area contributed by atoms with E-state index in [0.717, 1.165) is 31.6 Å². The maximum absolute atomic E-state index is 11.6. The molecular weight excluding hydrogens is 216 g/mol. The van der Waals surface area contributed by atoms with Crippen molar-refractivity contribution in [3.63, 3.8) is 0 Å². The van der Waals surface area contributed by atoms with Crippen LogP contribution in [-0.2, 0) is 0 Å². The van der Waals surface area contributed by atoms with E-state index in [1.165, 1.54) is 0 Å². The molecule has 0 aromatic rings. The predicted molar refractivity (Wildman–Crippen MR) is 67.7 cm³/mol. The quantitative estimate of drug-likeness (QED) is 0.648. The van der Waals surface area contributed by atoms with Crippen LogP contribution in [0.2, 0.25) is 0 Å². The van der Waals surface area contributed by atoms with E-state index in [9.17, 15) is 4.79 Å². The molecule has 3 N–H and O–H groups in total. The smallest absolute Gasteiger partial charge is 0.315 e. The Morgan fingerprint density at radius 3 is 3.18 bits per heavy atom. The molecule has 1 unspecified atom stereocenters. The number of rotatable bonds is 3. The van der Waals surface area contributed by atoms with Gasteiger partial charge in [-0.25, -0.2) is 4.79 Å². The Balaban J connectivity index is 1.67.